The van der Waals surface area contributed by atoms with Gasteiger partial charge in [-0.1, -0.05) is 26.0 Å². The summed E-state index contributed by atoms with van der Waals surface area (Å²) in [7, 11) is 3.80. The number of fused-ring (bicyclic) bond motifs is 2. The van der Waals surface area contributed by atoms with Gasteiger partial charge in [0.2, 0.25) is 5.60 Å². The highest BCUT2D eigenvalue weighted by molar-refractivity contribution is 5.93. The molecule has 2 aliphatic carbocycles. The van der Waals surface area contributed by atoms with Gasteiger partial charge in [0.25, 0.3) is 0 Å². The lowest BCUT2D eigenvalue weighted by molar-refractivity contribution is -0.186. The van der Waals surface area contributed by atoms with Crippen molar-refractivity contribution in [2.24, 2.45) is 10.8 Å². The highest BCUT2D eigenvalue weighted by Gasteiger charge is 2.76. The van der Waals surface area contributed by atoms with E-state index in [-0.39, 0.29) is 17.5 Å². The topological polar surface area (TPSA) is 74.3 Å². The molecule has 3 aliphatic heterocycles. The van der Waals surface area contributed by atoms with Crippen LogP contribution >= 0.6 is 0 Å². The highest BCUT2D eigenvalue weighted by Crippen LogP contribution is 2.66. The summed E-state index contributed by atoms with van der Waals surface area (Å²) in [5.41, 5.74) is -0.310. The number of rotatable bonds is 3. The average Bonchev–Trinajstić information content (AvgIpc) is 3.24. The van der Waals surface area contributed by atoms with E-state index >= 15 is 0 Å². The fourth-order valence-corrected chi connectivity index (χ4v) is 7.09. The quantitative estimate of drug-likeness (QED) is 0.497. The summed E-state index contributed by atoms with van der Waals surface area (Å²) in [5, 5.41) is 0. The first-order chi connectivity index (χ1) is 16.1. The summed E-state index contributed by atoms with van der Waals surface area (Å²) >= 11 is 0. The molecule has 7 nitrogen and oxygen atoms in total. The Bertz CT molecular complexity index is 1130. The molecule has 1 saturated carbocycles. The van der Waals surface area contributed by atoms with Crippen LogP contribution in [-0.4, -0.2) is 55.3 Å². The monoisotopic (exact) mass is 467 g/mol. The van der Waals surface area contributed by atoms with Crippen molar-refractivity contribution in [3.8, 4) is 11.5 Å². The van der Waals surface area contributed by atoms with Crippen LogP contribution in [-0.2, 0) is 31.0 Å². The molecule has 6 rings (SSSR count). The molecule has 0 N–H and O–H groups in total. The largest absolute Gasteiger partial charge is 0.493 e. The third kappa shape index (κ3) is 2.46. The van der Waals surface area contributed by atoms with Crippen molar-refractivity contribution >= 4 is 11.9 Å². The molecule has 3 heterocycles. The lowest BCUT2D eigenvalue weighted by Gasteiger charge is -2.39. The van der Waals surface area contributed by atoms with Gasteiger partial charge in [0, 0.05) is 23.9 Å². The van der Waals surface area contributed by atoms with Crippen LogP contribution in [0.2, 0.25) is 0 Å². The van der Waals surface area contributed by atoms with Crippen LogP contribution in [0.5, 0.6) is 11.5 Å². The Morgan fingerprint density at radius 3 is 2.65 bits per heavy atom. The summed E-state index contributed by atoms with van der Waals surface area (Å²) in [6, 6.07) is 4.12. The minimum absolute atomic E-state index is 0.155. The smallest absolute Gasteiger partial charge is 0.351 e. The number of ether oxygens (including phenoxy) is 4. The first kappa shape index (κ1) is 22.0. The second-order valence-electron chi connectivity index (χ2n) is 11.5. The molecule has 0 aromatic heterocycles. The number of carbonyl (C=O) groups is 2. The molecule has 5 aliphatic rings. The van der Waals surface area contributed by atoms with Crippen LogP contribution in [0.4, 0.5) is 0 Å². The maximum atomic E-state index is 13.5. The van der Waals surface area contributed by atoms with Crippen LogP contribution in [0.25, 0.3) is 0 Å². The molecule has 1 saturated heterocycles. The zero-order valence-corrected chi connectivity index (χ0v) is 20.6. The molecule has 1 aromatic carbocycles. The normalized spacial score (nSPS) is 39.0. The lowest BCUT2D eigenvalue weighted by atomic mass is 9.66. The van der Waals surface area contributed by atoms with E-state index < -0.39 is 28.5 Å². The zero-order chi connectivity index (χ0) is 24.1. The first-order valence-corrected chi connectivity index (χ1v) is 12.3. The summed E-state index contributed by atoms with van der Waals surface area (Å²) < 4.78 is 24.0. The number of nitrogens with zero attached hydrogens (tertiary/aromatic N) is 1. The predicted octanol–water partition coefficient (Wildman–Crippen LogP) is 3.52. The third-order valence-corrected chi connectivity index (χ3v) is 9.80. The number of methoxy groups -OCH3 is 1. The Morgan fingerprint density at radius 1 is 1.18 bits per heavy atom. The van der Waals surface area contributed by atoms with Gasteiger partial charge in [0.15, 0.2) is 11.5 Å². The first-order valence-electron chi connectivity index (χ1n) is 12.3. The lowest BCUT2D eigenvalue weighted by Crippen LogP contribution is -2.51. The fourth-order valence-electron chi connectivity index (χ4n) is 7.09. The van der Waals surface area contributed by atoms with Gasteiger partial charge in [-0.2, -0.15) is 0 Å². The predicted molar refractivity (Wildman–Crippen MR) is 124 cm³/mol. The van der Waals surface area contributed by atoms with Crippen LogP contribution < -0.4 is 9.47 Å². The standard InChI is InChI=1S/C27H33NO6/c1-24(2)25(3)10-11-27(24,34-22(25)29)23(30)32-17-8-9-26-12-13-28(4)15-16-6-7-18(31-5)21(20(16)26)33-19(26)14-17/h6-9,17,19H,10-15H2,1-5H3/t17-,19-,25?,26-,27?/m0/s1. The molecule has 0 amide bonds. The Hall–Kier alpha value is -2.54. The van der Waals surface area contributed by atoms with E-state index in [1.54, 1.807) is 7.11 Å². The molecule has 0 radical (unpaired) electrons. The van der Waals surface area contributed by atoms with Crippen LogP contribution in [0, 0.1) is 10.8 Å². The maximum Gasteiger partial charge on any atom is 0.351 e. The molecule has 7 heteroatoms. The van der Waals surface area contributed by atoms with Crippen molar-refractivity contribution in [2.75, 3.05) is 20.7 Å². The van der Waals surface area contributed by atoms with E-state index in [1.165, 1.54) is 11.1 Å². The van der Waals surface area contributed by atoms with Gasteiger partial charge in [-0.15, -0.1) is 0 Å². The zero-order valence-electron chi connectivity index (χ0n) is 20.6. The van der Waals surface area contributed by atoms with Crippen LogP contribution in [0.3, 0.4) is 0 Å². The molecule has 2 bridgehead atoms. The Labute approximate surface area is 200 Å². The Morgan fingerprint density at radius 2 is 1.97 bits per heavy atom. The number of hydrogen-bond donors (Lipinski definition) is 0. The minimum Gasteiger partial charge on any atom is -0.493 e. The minimum atomic E-state index is -1.22. The van der Waals surface area contributed by atoms with Crippen LogP contribution in [0.15, 0.2) is 24.3 Å². The van der Waals surface area contributed by atoms with Crippen molar-refractivity contribution in [1.29, 1.82) is 0 Å². The number of benzene rings is 1. The van der Waals surface area contributed by atoms with Gasteiger partial charge in [-0.25, -0.2) is 4.79 Å². The second-order valence-corrected chi connectivity index (χ2v) is 11.5. The Kier molecular flexibility index (Phi) is 4.38. The van der Waals surface area contributed by atoms with Gasteiger partial charge in [0.05, 0.1) is 17.9 Å². The third-order valence-electron chi connectivity index (χ3n) is 9.80. The van der Waals surface area contributed by atoms with Crippen LogP contribution in [0.1, 0.15) is 57.6 Å². The molecular formula is C27H33NO6. The molecule has 1 spiro atoms. The summed E-state index contributed by atoms with van der Waals surface area (Å²) in [5.74, 6) is 0.818. The number of esters is 2. The number of carbonyl (C=O) groups excluding carboxylic acids is 2. The molecular weight excluding hydrogens is 434 g/mol. The van der Waals surface area contributed by atoms with E-state index in [9.17, 15) is 9.59 Å². The molecule has 1 aromatic rings. The molecule has 2 fully saturated rings. The molecule has 182 valence electrons. The van der Waals surface area contributed by atoms with E-state index in [2.05, 4.69) is 24.1 Å². The van der Waals surface area contributed by atoms with Crippen molar-refractivity contribution in [3.05, 3.63) is 35.4 Å². The van der Waals surface area contributed by atoms with Crippen molar-refractivity contribution < 1.29 is 28.5 Å². The second kappa shape index (κ2) is 6.78. The van der Waals surface area contributed by atoms with Crippen molar-refractivity contribution in [3.63, 3.8) is 0 Å². The van der Waals surface area contributed by atoms with E-state index in [1.807, 2.05) is 32.9 Å². The molecule has 34 heavy (non-hydrogen) atoms. The highest BCUT2D eigenvalue weighted by atomic mass is 16.6. The Balaban J connectivity index is 1.31. The van der Waals surface area contributed by atoms with Gasteiger partial charge >= 0.3 is 11.9 Å². The van der Waals surface area contributed by atoms with E-state index in [0.717, 1.165) is 31.0 Å². The van der Waals surface area contributed by atoms with Gasteiger partial charge in [-0.05, 0) is 57.5 Å². The van der Waals surface area contributed by atoms with Gasteiger partial charge < -0.3 is 23.8 Å². The fraction of sp³-hybridized carbons (Fsp3) is 0.630. The summed E-state index contributed by atoms with van der Waals surface area (Å²) in [6.45, 7) is 7.60. The van der Waals surface area contributed by atoms with Gasteiger partial charge in [0.1, 0.15) is 12.2 Å². The van der Waals surface area contributed by atoms with Crippen molar-refractivity contribution in [2.45, 2.75) is 76.2 Å². The summed E-state index contributed by atoms with van der Waals surface area (Å²) in [4.78, 5) is 28.5. The molecule has 5 atom stereocenters. The average molecular weight is 468 g/mol. The summed E-state index contributed by atoms with van der Waals surface area (Å²) in [6.07, 6.45) is 6.21. The number of hydrogen-bond acceptors (Lipinski definition) is 7. The van der Waals surface area contributed by atoms with E-state index in [0.29, 0.717) is 19.3 Å². The SMILES string of the molecule is COc1ccc2c3c1O[C@H]1C[C@@H](OC(=O)C45CCC(C)(C(=O)O4)C5(C)C)C=C[C@@]31CCN(C)C2. The maximum absolute atomic E-state index is 13.5. The molecule has 2 unspecified atom stereocenters. The van der Waals surface area contributed by atoms with Crippen molar-refractivity contribution in [1.82, 2.24) is 4.90 Å². The van der Waals surface area contributed by atoms with Gasteiger partial charge in [-0.3, -0.25) is 4.79 Å². The van der Waals surface area contributed by atoms with E-state index in [4.69, 9.17) is 18.9 Å².